The van der Waals surface area contributed by atoms with Gasteiger partial charge in [0.15, 0.2) is 0 Å². The molecule has 94 valence electrons. The van der Waals surface area contributed by atoms with Crippen LogP contribution in [-0.2, 0) is 11.3 Å². The quantitative estimate of drug-likeness (QED) is 0.879. The number of hydrogen-bond donors (Lipinski definition) is 2. The summed E-state index contributed by atoms with van der Waals surface area (Å²) in [5.41, 5.74) is 7.35. The first-order valence-corrected chi connectivity index (χ1v) is 5.57. The van der Waals surface area contributed by atoms with Crippen molar-refractivity contribution < 1.29 is 4.74 Å². The van der Waals surface area contributed by atoms with E-state index in [2.05, 4.69) is 20.3 Å². The molecule has 0 aliphatic rings. The van der Waals surface area contributed by atoms with E-state index >= 15 is 0 Å². The van der Waals surface area contributed by atoms with E-state index in [0.29, 0.717) is 12.6 Å². The van der Waals surface area contributed by atoms with Gasteiger partial charge in [-0.25, -0.2) is 0 Å². The highest BCUT2D eigenvalue weighted by atomic mass is 35.5. The second-order valence-electron chi connectivity index (χ2n) is 3.54. The molecule has 18 heavy (non-hydrogen) atoms. The first kappa shape index (κ1) is 12.5. The van der Waals surface area contributed by atoms with Crippen molar-refractivity contribution in [2.45, 2.75) is 6.61 Å². The summed E-state index contributed by atoms with van der Waals surface area (Å²) in [7, 11) is 1.65. The van der Waals surface area contributed by atoms with Crippen LogP contribution in [-0.4, -0.2) is 22.1 Å². The number of rotatable bonds is 4. The molecular formula is C11H12ClN5O. The van der Waals surface area contributed by atoms with E-state index in [1.165, 1.54) is 0 Å². The van der Waals surface area contributed by atoms with Crippen molar-refractivity contribution >= 4 is 29.2 Å². The van der Waals surface area contributed by atoms with Crippen LogP contribution >= 0.6 is 11.6 Å². The topological polar surface area (TPSA) is 86.0 Å². The molecule has 0 aliphatic carbocycles. The number of benzene rings is 1. The SMILES string of the molecule is COCc1cccc(Nc2nc(N)nc(Cl)n2)c1. The lowest BCUT2D eigenvalue weighted by Gasteiger charge is -2.07. The summed E-state index contributed by atoms with van der Waals surface area (Å²) in [6.45, 7) is 0.537. The van der Waals surface area contributed by atoms with E-state index < -0.39 is 0 Å². The van der Waals surface area contributed by atoms with Crippen molar-refractivity contribution in [1.82, 2.24) is 15.0 Å². The minimum absolute atomic E-state index is 0.0537. The van der Waals surface area contributed by atoms with Crippen LogP contribution in [0.4, 0.5) is 17.6 Å². The number of ether oxygens (including phenoxy) is 1. The van der Waals surface area contributed by atoms with E-state index in [1.54, 1.807) is 7.11 Å². The molecule has 0 radical (unpaired) electrons. The summed E-state index contributed by atoms with van der Waals surface area (Å²) < 4.78 is 5.06. The standard InChI is InChI=1S/C11H12ClN5O/c1-18-6-7-3-2-4-8(5-7)14-11-16-9(12)15-10(13)17-11/h2-5H,6H2,1H3,(H3,13,14,15,16,17). The van der Waals surface area contributed by atoms with E-state index in [9.17, 15) is 0 Å². The summed E-state index contributed by atoms with van der Waals surface area (Å²) >= 11 is 5.70. The summed E-state index contributed by atoms with van der Waals surface area (Å²) in [5.74, 6) is 0.382. The van der Waals surface area contributed by atoms with E-state index in [0.717, 1.165) is 11.3 Å². The molecule has 0 saturated heterocycles. The smallest absolute Gasteiger partial charge is 0.233 e. The Morgan fingerprint density at radius 2 is 2.17 bits per heavy atom. The minimum Gasteiger partial charge on any atom is -0.380 e. The molecule has 6 nitrogen and oxygen atoms in total. The fourth-order valence-electron chi connectivity index (χ4n) is 1.46. The van der Waals surface area contributed by atoms with Gasteiger partial charge < -0.3 is 15.8 Å². The normalized spacial score (nSPS) is 10.3. The van der Waals surface area contributed by atoms with Crippen LogP contribution in [0.15, 0.2) is 24.3 Å². The summed E-state index contributed by atoms with van der Waals surface area (Å²) in [4.78, 5) is 11.5. The van der Waals surface area contributed by atoms with Crippen molar-refractivity contribution in [3.05, 3.63) is 35.1 Å². The average molecular weight is 266 g/mol. The fourth-order valence-corrected chi connectivity index (χ4v) is 1.62. The predicted molar refractivity (Wildman–Crippen MR) is 69.7 cm³/mol. The highest BCUT2D eigenvalue weighted by Gasteiger charge is 2.03. The Morgan fingerprint density at radius 1 is 1.33 bits per heavy atom. The Kier molecular flexibility index (Phi) is 3.91. The molecule has 0 fully saturated rings. The van der Waals surface area contributed by atoms with Gasteiger partial charge in [0.05, 0.1) is 6.61 Å². The van der Waals surface area contributed by atoms with Crippen LogP contribution in [0.5, 0.6) is 0 Å². The number of halogens is 1. The molecule has 0 atom stereocenters. The van der Waals surface area contributed by atoms with Crippen molar-refractivity contribution in [3.8, 4) is 0 Å². The molecule has 1 aromatic carbocycles. The minimum atomic E-state index is 0.0537. The van der Waals surface area contributed by atoms with Gasteiger partial charge in [-0.15, -0.1) is 0 Å². The van der Waals surface area contributed by atoms with Crippen molar-refractivity contribution in [3.63, 3.8) is 0 Å². The van der Waals surface area contributed by atoms with E-state index in [4.69, 9.17) is 22.1 Å². The Balaban J connectivity index is 2.20. The summed E-state index contributed by atoms with van der Waals surface area (Å²) in [6, 6.07) is 7.68. The molecule has 0 bridgehead atoms. The summed E-state index contributed by atoms with van der Waals surface area (Å²) in [5, 5.41) is 3.06. The molecule has 1 aromatic heterocycles. The molecule has 0 spiro atoms. The number of hydrogen-bond acceptors (Lipinski definition) is 6. The second kappa shape index (κ2) is 5.61. The molecule has 1 heterocycles. The third-order valence-electron chi connectivity index (χ3n) is 2.12. The maximum absolute atomic E-state index is 5.70. The number of nitrogen functional groups attached to an aromatic ring is 1. The lowest BCUT2D eigenvalue weighted by atomic mass is 10.2. The van der Waals surface area contributed by atoms with Crippen LogP contribution < -0.4 is 11.1 Å². The molecule has 0 saturated carbocycles. The molecule has 3 N–H and O–H groups in total. The summed E-state index contributed by atoms with van der Waals surface area (Å²) in [6.07, 6.45) is 0. The van der Waals surface area contributed by atoms with E-state index in [-0.39, 0.29) is 11.2 Å². The first-order valence-electron chi connectivity index (χ1n) is 5.19. The zero-order valence-electron chi connectivity index (χ0n) is 9.72. The molecular weight excluding hydrogens is 254 g/mol. The zero-order valence-corrected chi connectivity index (χ0v) is 10.5. The van der Waals surface area contributed by atoms with Gasteiger partial charge in [0, 0.05) is 12.8 Å². The van der Waals surface area contributed by atoms with Gasteiger partial charge >= 0.3 is 0 Å². The first-order chi connectivity index (χ1) is 8.67. The van der Waals surface area contributed by atoms with Crippen molar-refractivity contribution in [2.75, 3.05) is 18.2 Å². The second-order valence-corrected chi connectivity index (χ2v) is 3.88. The lowest BCUT2D eigenvalue weighted by molar-refractivity contribution is 0.185. The Morgan fingerprint density at radius 3 is 2.89 bits per heavy atom. The van der Waals surface area contributed by atoms with Gasteiger partial charge in [-0.2, -0.15) is 15.0 Å². The van der Waals surface area contributed by atoms with E-state index in [1.807, 2.05) is 24.3 Å². The highest BCUT2D eigenvalue weighted by molar-refractivity contribution is 6.28. The number of nitrogens with zero attached hydrogens (tertiary/aromatic N) is 3. The van der Waals surface area contributed by atoms with Crippen LogP contribution in [0.25, 0.3) is 0 Å². The largest absolute Gasteiger partial charge is 0.380 e. The van der Waals surface area contributed by atoms with Crippen molar-refractivity contribution in [1.29, 1.82) is 0 Å². The van der Waals surface area contributed by atoms with Gasteiger partial charge in [-0.1, -0.05) is 12.1 Å². The number of anilines is 3. The highest BCUT2D eigenvalue weighted by Crippen LogP contribution is 2.16. The van der Waals surface area contributed by atoms with Gasteiger partial charge in [-0.3, -0.25) is 0 Å². The monoisotopic (exact) mass is 265 g/mol. The number of aromatic nitrogens is 3. The Hall–Kier alpha value is -1.92. The average Bonchev–Trinajstić information content (AvgIpc) is 2.28. The number of methoxy groups -OCH3 is 1. The third kappa shape index (κ3) is 3.28. The van der Waals surface area contributed by atoms with Crippen LogP contribution in [0.2, 0.25) is 5.28 Å². The molecule has 0 aliphatic heterocycles. The number of nitrogens with two attached hydrogens (primary N) is 1. The molecule has 0 unspecified atom stereocenters. The van der Waals surface area contributed by atoms with Crippen LogP contribution in [0.3, 0.4) is 0 Å². The van der Waals surface area contributed by atoms with Gasteiger partial charge in [0.25, 0.3) is 0 Å². The molecule has 0 amide bonds. The lowest BCUT2D eigenvalue weighted by Crippen LogP contribution is -2.03. The maximum Gasteiger partial charge on any atom is 0.233 e. The molecule has 2 rings (SSSR count). The van der Waals surface area contributed by atoms with Crippen molar-refractivity contribution in [2.24, 2.45) is 0 Å². The zero-order chi connectivity index (χ0) is 13.0. The van der Waals surface area contributed by atoms with Gasteiger partial charge in [0.2, 0.25) is 17.2 Å². The number of nitrogens with one attached hydrogen (secondary N) is 1. The Bertz CT molecular complexity index is 528. The molecule has 7 heteroatoms. The maximum atomic E-state index is 5.70. The fraction of sp³-hybridized carbons (Fsp3) is 0.182. The third-order valence-corrected chi connectivity index (χ3v) is 2.29. The Labute approximate surface area is 109 Å². The van der Waals surface area contributed by atoms with Gasteiger partial charge in [-0.05, 0) is 29.3 Å². The van der Waals surface area contributed by atoms with Crippen LogP contribution in [0.1, 0.15) is 5.56 Å². The van der Waals surface area contributed by atoms with Gasteiger partial charge in [0.1, 0.15) is 0 Å². The molecule has 2 aromatic rings. The predicted octanol–water partition coefficient (Wildman–Crippen LogP) is 2.00. The van der Waals surface area contributed by atoms with Crippen LogP contribution in [0, 0.1) is 0 Å².